The van der Waals surface area contributed by atoms with E-state index in [4.69, 9.17) is 4.74 Å². The number of hydrogen-bond donors (Lipinski definition) is 2. The van der Waals surface area contributed by atoms with Crippen LogP contribution < -0.4 is 15.4 Å². The lowest BCUT2D eigenvalue weighted by molar-refractivity contribution is -0.200. The summed E-state index contributed by atoms with van der Waals surface area (Å²) in [5.74, 6) is -2.46. The Morgan fingerprint density at radius 3 is 2.59 bits per heavy atom. The minimum absolute atomic E-state index is 0.0448. The van der Waals surface area contributed by atoms with Crippen molar-refractivity contribution in [3.05, 3.63) is 29.8 Å². The van der Waals surface area contributed by atoms with Crippen LogP contribution in [0.3, 0.4) is 0 Å². The second kappa shape index (κ2) is 7.92. The molecular formula is C19H22F3N3O4. The number of carbonyl (C=O) groups is 3. The van der Waals surface area contributed by atoms with Gasteiger partial charge in [0, 0.05) is 12.1 Å². The van der Waals surface area contributed by atoms with Crippen LogP contribution in [-0.4, -0.2) is 48.2 Å². The van der Waals surface area contributed by atoms with Gasteiger partial charge >= 0.3 is 12.2 Å². The summed E-state index contributed by atoms with van der Waals surface area (Å²) >= 11 is 0. The number of hydrogen-bond acceptors (Lipinski definition) is 4. The van der Waals surface area contributed by atoms with Crippen LogP contribution in [0.25, 0.3) is 0 Å². The van der Waals surface area contributed by atoms with Gasteiger partial charge in [0.1, 0.15) is 5.75 Å². The van der Waals surface area contributed by atoms with Gasteiger partial charge in [0.15, 0.2) is 0 Å². The summed E-state index contributed by atoms with van der Waals surface area (Å²) in [7, 11) is 1.35. The Balaban J connectivity index is 1.85. The van der Waals surface area contributed by atoms with Crippen molar-refractivity contribution in [3.63, 3.8) is 0 Å². The second-order valence-corrected chi connectivity index (χ2v) is 7.28. The molecule has 4 amide bonds. The van der Waals surface area contributed by atoms with E-state index in [0.717, 1.165) is 32.1 Å². The summed E-state index contributed by atoms with van der Waals surface area (Å²) in [5.41, 5.74) is -3.64. The first-order chi connectivity index (χ1) is 13.7. The Kier molecular flexibility index (Phi) is 5.72. The number of carbonyl (C=O) groups excluding carboxylic acids is 3. The maximum absolute atomic E-state index is 13.9. The molecular weight excluding hydrogens is 391 g/mol. The van der Waals surface area contributed by atoms with Crippen LogP contribution in [0.15, 0.2) is 24.3 Å². The van der Waals surface area contributed by atoms with Gasteiger partial charge in [-0.15, -0.1) is 0 Å². The van der Waals surface area contributed by atoms with E-state index in [1.54, 1.807) is 10.6 Å². The van der Waals surface area contributed by atoms with Crippen molar-refractivity contribution in [2.24, 2.45) is 5.92 Å². The van der Waals surface area contributed by atoms with E-state index in [-0.39, 0.29) is 23.8 Å². The predicted molar refractivity (Wildman–Crippen MR) is 96.1 cm³/mol. The number of halogens is 3. The van der Waals surface area contributed by atoms with E-state index in [9.17, 15) is 27.6 Å². The predicted octanol–water partition coefficient (Wildman–Crippen LogP) is 2.82. The molecule has 1 saturated heterocycles. The molecule has 1 aromatic carbocycles. The summed E-state index contributed by atoms with van der Waals surface area (Å²) in [6, 6.07) is 4.30. The molecule has 1 aromatic rings. The molecule has 1 aliphatic carbocycles. The van der Waals surface area contributed by atoms with Gasteiger partial charge in [-0.25, -0.2) is 4.79 Å². The van der Waals surface area contributed by atoms with Crippen molar-refractivity contribution in [2.75, 3.05) is 13.7 Å². The van der Waals surface area contributed by atoms with Crippen molar-refractivity contribution in [1.29, 1.82) is 0 Å². The SMILES string of the molecule is COc1cccc(C(=O)N[C@]2(C(F)(F)F)NC(=O)N(CC3CCCCC3)C2=O)c1. The van der Waals surface area contributed by atoms with Crippen LogP contribution in [0.2, 0.25) is 0 Å². The van der Waals surface area contributed by atoms with Crippen molar-refractivity contribution < 1.29 is 32.3 Å². The molecule has 3 rings (SSSR count). The highest BCUT2D eigenvalue weighted by Gasteiger charge is 2.68. The molecule has 1 saturated carbocycles. The van der Waals surface area contributed by atoms with E-state index in [1.807, 2.05) is 0 Å². The highest BCUT2D eigenvalue weighted by atomic mass is 19.4. The van der Waals surface area contributed by atoms with Gasteiger partial charge in [0.2, 0.25) is 0 Å². The largest absolute Gasteiger partial charge is 0.497 e. The molecule has 0 aromatic heterocycles. The second-order valence-electron chi connectivity index (χ2n) is 7.28. The number of urea groups is 1. The van der Waals surface area contributed by atoms with Gasteiger partial charge in [-0.2, -0.15) is 13.2 Å². The molecule has 0 bridgehead atoms. The van der Waals surface area contributed by atoms with Gasteiger partial charge in [-0.3, -0.25) is 19.8 Å². The Labute approximate surface area is 165 Å². The van der Waals surface area contributed by atoms with Gasteiger partial charge in [-0.1, -0.05) is 25.3 Å². The lowest BCUT2D eigenvalue weighted by Gasteiger charge is -2.30. The number of ether oxygens (including phenoxy) is 1. The Morgan fingerprint density at radius 2 is 1.97 bits per heavy atom. The van der Waals surface area contributed by atoms with Gasteiger partial charge < -0.3 is 10.1 Å². The van der Waals surface area contributed by atoms with Crippen molar-refractivity contribution in [2.45, 2.75) is 43.9 Å². The van der Waals surface area contributed by atoms with Crippen molar-refractivity contribution in [3.8, 4) is 5.75 Å². The Bertz CT molecular complexity index is 808. The number of imide groups is 1. The molecule has 1 aliphatic heterocycles. The van der Waals surface area contributed by atoms with E-state index in [1.165, 1.54) is 31.4 Å². The molecule has 7 nitrogen and oxygen atoms in total. The standard InChI is InChI=1S/C19H22F3N3O4/c1-29-14-9-5-8-13(10-14)15(26)23-18(19(20,21)22)16(27)25(17(28)24-18)11-12-6-3-2-4-7-12/h5,8-10,12H,2-4,6-7,11H2,1H3,(H,23,26)(H,24,28)/t18-/m0/s1. The van der Waals surface area contributed by atoms with Gasteiger partial charge in [0.05, 0.1) is 7.11 Å². The zero-order valence-corrected chi connectivity index (χ0v) is 15.8. The van der Waals surface area contributed by atoms with Crippen LogP contribution in [-0.2, 0) is 4.79 Å². The molecule has 2 aliphatic rings. The first-order valence-electron chi connectivity index (χ1n) is 9.35. The number of nitrogens with zero attached hydrogens (tertiary/aromatic N) is 1. The fraction of sp³-hybridized carbons (Fsp3) is 0.526. The Hall–Kier alpha value is -2.78. The van der Waals surface area contributed by atoms with Gasteiger partial charge in [0.25, 0.3) is 17.5 Å². The lowest BCUT2D eigenvalue weighted by Crippen LogP contribution is -2.69. The zero-order valence-electron chi connectivity index (χ0n) is 15.8. The summed E-state index contributed by atoms with van der Waals surface area (Å²) < 4.78 is 46.7. The highest BCUT2D eigenvalue weighted by Crippen LogP contribution is 2.35. The maximum atomic E-state index is 13.9. The number of nitrogens with one attached hydrogen (secondary N) is 2. The molecule has 2 N–H and O–H groups in total. The van der Waals surface area contributed by atoms with E-state index < -0.39 is 29.7 Å². The van der Waals surface area contributed by atoms with Crippen molar-refractivity contribution >= 4 is 17.8 Å². The summed E-state index contributed by atoms with van der Waals surface area (Å²) in [6.45, 7) is -0.0997. The third-order valence-corrected chi connectivity index (χ3v) is 5.33. The molecule has 29 heavy (non-hydrogen) atoms. The topological polar surface area (TPSA) is 87.7 Å². The van der Waals surface area contributed by atoms with Crippen LogP contribution in [0.1, 0.15) is 42.5 Å². The number of amides is 4. The maximum Gasteiger partial charge on any atom is 0.440 e. The highest BCUT2D eigenvalue weighted by molar-refractivity contribution is 6.10. The first kappa shape index (κ1) is 20.9. The molecule has 0 radical (unpaired) electrons. The van der Waals surface area contributed by atoms with Crippen LogP contribution in [0, 0.1) is 5.92 Å². The Morgan fingerprint density at radius 1 is 1.28 bits per heavy atom. The minimum Gasteiger partial charge on any atom is -0.497 e. The number of rotatable bonds is 5. The quantitative estimate of drug-likeness (QED) is 0.727. The van der Waals surface area contributed by atoms with E-state index in [0.29, 0.717) is 4.90 Å². The molecule has 0 spiro atoms. The van der Waals surface area contributed by atoms with Crippen molar-refractivity contribution in [1.82, 2.24) is 15.5 Å². The molecule has 1 atom stereocenters. The summed E-state index contributed by atoms with van der Waals surface area (Å²) in [4.78, 5) is 38.0. The smallest absolute Gasteiger partial charge is 0.440 e. The first-order valence-corrected chi connectivity index (χ1v) is 9.35. The molecule has 2 fully saturated rings. The zero-order chi connectivity index (χ0) is 21.2. The summed E-state index contributed by atoms with van der Waals surface area (Å²) in [6.07, 6.45) is -0.898. The van der Waals surface area contributed by atoms with Crippen LogP contribution >= 0.6 is 0 Å². The fourth-order valence-corrected chi connectivity index (χ4v) is 3.72. The third kappa shape index (κ3) is 4.01. The molecule has 10 heteroatoms. The molecule has 0 unspecified atom stereocenters. The van der Waals surface area contributed by atoms with E-state index >= 15 is 0 Å². The number of benzene rings is 1. The van der Waals surface area contributed by atoms with Gasteiger partial charge in [-0.05, 0) is 37.0 Å². The fourth-order valence-electron chi connectivity index (χ4n) is 3.72. The van der Waals surface area contributed by atoms with Crippen LogP contribution in [0.5, 0.6) is 5.75 Å². The number of alkyl halides is 3. The lowest BCUT2D eigenvalue weighted by atomic mass is 9.89. The average Bonchev–Trinajstić information content (AvgIpc) is 2.93. The minimum atomic E-state index is -5.23. The molecule has 158 valence electrons. The van der Waals surface area contributed by atoms with E-state index in [2.05, 4.69) is 0 Å². The average molecular weight is 413 g/mol. The number of methoxy groups -OCH3 is 1. The van der Waals surface area contributed by atoms with Crippen LogP contribution in [0.4, 0.5) is 18.0 Å². The monoisotopic (exact) mass is 413 g/mol. The summed E-state index contributed by atoms with van der Waals surface area (Å²) in [5, 5.41) is 3.38. The molecule has 1 heterocycles. The normalized spacial score (nSPS) is 23.1. The third-order valence-electron chi connectivity index (χ3n) is 5.33.